The Morgan fingerprint density at radius 3 is 2.67 bits per heavy atom. The molecule has 24 heavy (non-hydrogen) atoms. The number of carboxylic acid groups (broad SMARTS) is 1. The summed E-state index contributed by atoms with van der Waals surface area (Å²) < 4.78 is 0. The van der Waals surface area contributed by atoms with Crippen LogP contribution in [-0.2, 0) is 0 Å². The smallest absolute Gasteiger partial charge is 0.337 e. The Hall–Kier alpha value is -1.22. The monoisotopic (exact) mass is 347 g/mol. The first kappa shape index (κ1) is 16.3. The molecular weight excluding hydrogens is 322 g/mol. The van der Waals surface area contributed by atoms with Crippen molar-refractivity contribution in [3.63, 3.8) is 0 Å². The van der Waals surface area contributed by atoms with Crippen LogP contribution >= 0.6 is 11.6 Å². The van der Waals surface area contributed by atoms with Gasteiger partial charge in [0, 0.05) is 11.1 Å². The molecule has 5 unspecified atom stereocenters. The van der Waals surface area contributed by atoms with E-state index in [-0.39, 0.29) is 0 Å². The first-order chi connectivity index (χ1) is 11.5. The van der Waals surface area contributed by atoms with Gasteiger partial charge in [0.25, 0.3) is 0 Å². The molecule has 0 radical (unpaired) electrons. The summed E-state index contributed by atoms with van der Waals surface area (Å²) >= 11 is 6.28. The second-order valence-electron chi connectivity index (χ2n) is 7.91. The van der Waals surface area contributed by atoms with E-state index in [4.69, 9.17) is 11.6 Å². The van der Waals surface area contributed by atoms with Crippen LogP contribution in [0.3, 0.4) is 0 Å². The van der Waals surface area contributed by atoms with Gasteiger partial charge in [-0.2, -0.15) is 0 Å². The van der Waals surface area contributed by atoms with Crippen LogP contribution in [0.2, 0.25) is 5.02 Å². The number of hydrogen-bond acceptors (Lipinski definition) is 2. The third-order valence-corrected chi connectivity index (χ3v) is 7.20. The molecular formula is C20H26ClNO2. The predicted molar refractivity (Wildman–Crippen MR) is 97.0 cm³/mol. The highest BCUT2D eigenvalue weighted by Crippen LogP contribution is 2.62. The summed E-state index contributed by atoms with van der Waals surface area (Å²) in [7, 11) is 0. The van der Waals surface area contributed by atoms with Gasteiger partial charge in [0.2, 0.25) is 0 Å². The fourth-order valence-electron chi connectivity index (χ4n) is 6.03. The number of benzene rings is 1. The van der Waals surface area contributed by atoms with E-state index in [9.17, 15) is 9.90 Å². The summed E-state index contributed by atoms with van der Waals surface area (Å²) in [6.45, 7) is 4.51. The minimum absolute atomic E-state index is 0.342. The van der Waals surface area contributed by atoms with Crippen molar-refractivity contribution in [3.05, 3.63) is 28.3 Å². The fraction of sp³-hybridized carbons (Fsp3) is 0.650. The topological polar surface area (TPSA) is 49.3 Å². The molecule has 2 aliphatic carbocycles. The first-order valence-corrected chi connectivity index (χ1v) is 9.76. The molecule has 0 aromatic heterocycles. The maximum Gasteiger partial charge on any atom is 0.337 e. The number of fused-ring (bicyclic) bond motifs is 7. The molecule has 5 atom stereocenters. The van der Waals surface area contributed by atoms with Gasteiger partial charge in [-0.3, -0.25) is 0 Å². The number of carboxylic acids is 1. The molecule has 0 saturated heterocycles. The van der Waals surface area contributed by atoms with Crippen LogP contribution in [0.1, 0.15) is 67.8 Å². The molecule has 3 aliphatic rings. The molecule has 130 valence electrons. The molecule has 2 saturated carbocycles. The van der Waals surface area contributed by atoms with Gasteiger partial charge in [-0.15, -0.1) is 0 Å². The normalized spacial score (nSPS) is 33.2. The summed E-state index contributed by atoms with van der Waals surface area (Å²) in [5, 5.41) is 13.9. The average molecular weight is 348 g/mol. The molecule has 1 aromatic carbocycles. The van der Waals surface area contributed by atoms with Gasteiger partial charge in [-0.05, 0) is 66.5 Å². The number of hydrogen-bond donors (Lipinski definition) is 2. The van der Waals surface area contributed by atoms with Crippen molar-refractivity contribution in [2.45, 2.75) is 57.9 Å². The summed E-state index contributed by atoms with van der Waals surface area (Å²) in [6, 6.07) is 4.03. The Bertz CT molecular complexity index is 670. The number of anilines is 1. The van der Waals surface area contributed by atoms with Gasteiger partial charge in [-0.25, -0.2) is 4.79 Å². The van der Waals surface area contributed by atoms with Crippen LogP contribution in [0.15, 0.2) is 12.1 Å². The Balaban J connectivity index is 1.86. The second-order valence-corrected chi connectivity index (χ2v) is 8.34. The van der Waals surface area contributed by atoms with E-state index in [0.29, 0.717) is 40.3 Å². The Labute approximate surface area is 148 Å². The SMILES string of the molecule is CCC(CC)C1Nc2c(C(=O)O)cc(Cl)cc2C2C3CCC(C3)C12. The van der Waals surface area contributed by atoms with Gasteiger partial charge in [0.1, 0.15) is 0 Å². The van der Waals surface area contributed by atoms with Crippen LogP contribution in [0.5, 0.6) is 0 Å². The summed E-state index contributed by atoms with van der Waals surface area (Å²) in [5.41, 5.74) is 2.35. The fourth-order valence-corrected chi connectivity index (χ4v) is 6.25. The molecule has 1 heterocycles. The molecule has 4 heteroatoms. The molecule has 1 aromatic rings. The molecule has 2 N–H and O–H groups in total. The maximum absolute atomic E-state index is 11.8. The number of aromatic carboxylic acids is 1. The summed E-state index contributed by atoms with van der Waals surface area (Å²) in [4.78, 5) is 11.8. The van der Waals surface area contributed by atoms with Gasteiger partial charge < -0.3 is 10.4 Å². The average Bonchev–Trinajstić information content (AvgIpc) is 3.17. The maximum atomic E-state index is 11.8. The molecule has 2 fully saturated rings. The number of rotatable bonds is 4. The van der Waals surface area contributed by atoms with Gasteiger partial charge in [0.05, 0.1) is 11.3 Å². The largest absolute Gasteiger partial charge is 0.478 e. The van der Waals surface area contributed by atoms with E-state index in [1.807, 2.05) is 6.07 Å². The molecule has 0 amide bonds. The highest BCUT2D eigenvalue weighted by molar-refractivity contribution is 6.31. The van der Waals surface area contributed by atoms with E-state index in [1.165, 1.54) is 24.8 Å². The standard InChI is InChI=1S/C20H26ClNO2/c1-3-10(4-2)18-17-12-6-5-11(7-12)16(17)14-8-13(21)9-15(20(23)24)19(14)22-18/h8-12,16-18,22H,3-7H2,1-2H3,(H,23,24). The highest BCUT2D eigenvalue weighted by atomic mass is 35.5. The lowest BCUT2D eigenvalue weighted by Crippen LogP contribution is -2.45. The van der Waals surface area contributed by atoms with Crippen LogP contribution in [0.25, 0.3) is 0 Å². The van der Waals surface area contributed by atoms with E-state index in [0.717, 1.165) is 24.4 Å². The van der Waals surface area contributed by atoms with Gasteiger partial charge >= 0.3 is 5.97 Å². The van der Waals surface area contributed by atoms with E-state index < -0.39 is 5.97 Å². The van der Waals surface area contributed by atoms with Crippen LogP contribution < -0.4 is 5.32 Å². The molecule has 3 nitrogen and oxygen atoms in total. The predicted octanol–water partition coefficient (Wildman–Crippen LogP) is 5.40. The van der Waals surface area contributed by atoms with Crippen molar-refractivity contribution in [2.24, 2.45) is 23.7 Å². The molecule has 4 rings (SSSR count). The quantitative estimate of drug-likeness (QED) is 0.766. The minimum Gasteiger partial charge on any atom is -0.478 e. The van der Waals surface area contributed by atoms with Crippen LogP contribution in [-0.4, -0.2) is 17.1 Å². The minimum atomic E-state index is -0.883. The van der Waals surface area contributed by atoms with Crippen molar-refractivity contribution in [2.75, 3.05) is 5.32 Å². The van der Waals surface area contributed by atoms with Crippen molar-refractivity contribution >= 4 is 23.3 Å². The lowest BCUT2D eigenvalue weighted by atomic mass is 9.65. The first-order valence-electron chi connectivity index (χ1n) is 9.38. The number of carbonyl (C=O) groups is 1. The molecule has 2 bridgehead atoms. The lowest BCUT2D eigenvalue weighted by Gasteiger charge is -2.46. The second kappa shape index (κ2) is 5.94. The molecule has 1 aliphatic heterocycles. The number of halogens is 1. The Morgan fingerprint density at radius 1 is 1.29 bits per heavy atom. The zero-order chi connectivity index (χ0) is 17.0. The van der Waals surface area contributed by atoms with E-state index >= 15 is 0 Å². The Kier molecular flexibility index (Phi) is 4.03. The van der Waals surface area contributed by atoms with Crippen molar-refractivity contribution in [3.8, 4) is 0 Å². The van der Waals surface area contributed by atoms with Crippen molar-refractivity contribution < 1.29 is 9.90 Å². The van der Waals surface area contributed by atoms with Gasteiger partial charge in [-0.1, -0.05) is 38.3 Å². The summed E-state index contributed by atoms with van der Waals surface area (Å²) in [5.74, 6) is 2.34. The summed E-state index contributed by atoms with van der Waals surface area (Å²) in [6.07, 6.45) is 6.21. The van der Waals surface area contributed by atoms with Crippen LogP contribution in [0.4, 0.5) is 5.69 Å². The third-order valence-electron chi connectivity index (χ3n) is 6.99. The Morgan fingerprint density at radius 2 is 2.00 bits per heavy atom. The number of nitrogens with one attached hydrogen (secondary N) is 1. The van der Waals surface area contributed by atoms with Crippen molar-refractivity contribution in [1.29, 1.82) is 0 Å². The van der Waals surface area contributed by atoms with Crippen molar-refractivity contribution in [1.82, 2.24) is 0 Å². The zero-order valence-electron chi connectivity index (χ0n) is 14.4. The van der Waals surface area contributed by atoms with Gasteiger partial charge in [0.15, 0.2) is 0 Å². The van der Waals surface area contributed by atoms with Crippen LogP contribution in [0, 0.1) is 23.7 Å². The zero-order valence-corrected chi connectivity index (χ0v) is 15.1. The molecule has 0 spiro atoms. The highest BCUT2D eigenvalue weighted by Gasteiger charge is 2.54. The lowest BCUT2D eigenvalue weighted by molar-refractivity contribution is 0.0697. The van der Waals surface area contributed by atoms with E-state index in [2.05, 4.69) is 19.2 Å². The van der Waals surface area contributed by atoms with E-state index in [1.54, 1.807) is 6.07 Å². The third kappa shape index (κ3) is 2.28.